The highest BCUT2D eigenvalue weighted by Gasteiger charge is 2.17. The van der Waals surface area contributed by atoms with Gasteiger partial charge in [0.25, 0.3) is 0 Å². The molecular formula is C20H16N2O4S. The third kappa shape index (κ3) is 3.50. The van der Waals surface area contributed by atoms with Gasteiger partial charge in [0.15, 0.2) is 11.5 Å². The van der Waals surface area contributed by atoms with E-state index >= 15 is 0 Å². The SMILES string of the molecule is Nc1ccc(S(=O)(=O)c2ccc(N=Cc3ccc4c(c3)OCO4)cc2)cc1. The number of nitrogens with zero attached hydrogens (tertiary/aromatic N) is 1. The minimum absolute atomic E-state index is 0.202. The maximum Gasteiger partial charge on any atom is 0.231 e. The summed E-state index contributed by atoms with van der Waals surface area (Å²) in [4.78, 5) is 4.78. The number of sulfone groups is 1. The number of aliphatic imine (C=N–C) groups is 1. The number of hydrogen-bond acceptors (Lipinski definition) is 6. The van der Waals surface area contributed by atoms with Crippen LogP contribution in [-0.4, -0.2) is 21.4 Å². The van der Waals surface area contributed by atoms with Crippen LogP contribution in [0.5, 0.6) is 11.5 Å². The molecule has 6 nitrogen and oxygen atoms in total. The number of ether oxygens (including phenoxy) is 2. The van der Waals surface area contributed by atoms with Gasteiger partial charge in [0.1, 0.15) is 0 Å². The molecule has 1 heterocycles. The van der Waals surface area contributed by atoms with E-state index in [1.165, 1.54) is 24.3 Å². The van der Waals surface area contributed by atoms with Gasteiger partial charge < -0.3 is 15.2 Å². The summed E-state index contributed by atoms with van der Waals surface area (Å²) >= 11 is 0. The van der Waals surface area contributed by atoms with Crippen LogP contribution < -0.4 is 15.2 Å². The molecule has 0 saturated heterocycles. The van der Waals surface area contributed by atoms with Crippen LogP contribution in [-0.2, 0) is 9.84 Å². The summed E-state index contributed by atoms with van der Waals surface area (Å²) in [5.74, 6) is 1.40. The zero-order valence-corrected chi connectivity index (χ0v) is 15.0. The highest BCUT2D eigenvalue weighted by molar-refractivity contribution is 7.91. The first-order chi connectivity index (χ1) is 13.0. The molecular weight excluding hydrogens is 364 g/mol. The fraction of sp³-hybridized carbons (Fsp3) is 0.0500. The van der Waals surface area contributed by atoms with Gasteiger partial charge in [-0.25, -0.2) is 8.42 Å². The van der Waals surface area contributed by atoms with E-state index in [0.717, 1.165) is 5.56 Å². The Bertz CT molecular complexity index is 1110. The molecule has 1 aliphatic heterocycles. The molecule has 2 N–H and O–H groups in total. The molecule has 0 unspecified atom stereocenters. The number of nitrogen functional groups attached to an aromatic ring is 1. The minimum atomic E-state index is -3.58. The predicted molar refractivity (Wildman–Crippen MR) is 103 cm³/mol. The van der Waals surface area contributed by atoms with E-state index in [9.17, 15) is 8.42 Å². The fourth-order valence-electron chi connectivity index (χ4n) is 2.64. The maximum atomic E-state index is 12.6. The third-order valence-corrected chi connectivity index (χ3v) is 5.88. The lowest BCUT2D eigenvalue weighted by Crippen LogP contribution is -2.01. The molecule has 0 atom stereocenters. The molecule has 1 aliphatic rings. The number of benzene rings is 3. The Balaban J connectivity index is 1.54. The van der Waals surface area contributed by atoms with Crippen LogP contribution in [0.4, 0.5) is 11.4 Å². The van der Waals surface area contributed by atoms with E-state index in [1.54, 1.807) is 30.5 Å². The summed E-state index contributed by atoms with van der Waals surface area (Å²) in [6, 6.07) is 18.1. The maximum absolute atomic E-state index is 12.6. The van der Waals surface area contributed by atoms with Crippen molar-refractivity contribution in [2.45, 2.75) is 9.79 Å². The molecule has 0 radical (unpaired) electrons. The average Bonchev–Trinajstić information content (AvgIpc) is 3.15. The Labute approximate surface area is 156 Å². The topological polar surface area (TPSA) is 91.0 Å². The Hall–Kier alpha value is -3.32. The number of nitrogens with two attached hydrogens (primary N) is 1. The van der Waals surface area contributed by atoms with Gasteiger partial charge in [-0.05, 0) is 72.3 Å². The van der Waals surface area contributed by atoms with E-state index in [1.807, 2.05) is 18.2 Å². The van der Waals surface area contributed by atoms with Gasteiger partial charge in [-0.15, -0.1) is 0 Å². The predicted octanol–water partition coefficient (Wildman–Crippen LogP) is 3.58. The number of fused-ring (bicyclic) bond motifs is 1. The van der Waals surface area contributed by atoms with E-state index in [2.05, 4.69) is 4.99 Å². The molecule has 7 heteroatoms. The lowest BCUT2D eigenvalue weighted by Gasteiger charge is -2.05. The van der Waals surface area contributed by atoms with Gasteiger partial charge in [0, 0.05) is 11.9 Å². The molecule has 3 aromatic carbocycles. The summed E-state index contributed by atoms with van der Waals surface area (Å²) in [6.45, 7) is 0.222. The first-order valence-electron chi connectivity index (χ1n) is 8.17. The smallest absolute Gasteiger partial charge is 0.231 e. The number of anilines is 1. The lowest BCUT2D eigenvalue weighted by molar-refractivity contribution is 0.174. The normalized spacial score (nSPS) is 13.2. The second-order valence-corrected chi connectivity index (χ2v) is 7.89. The van der Waals surface area contributed by atoms with Crippen molar-refractivity contribution >= 4 is 27.4 Å². The van der Waals surface area contributed by atoms with Gasteiger partial charge >= 0.3 is 0 Å². The van der Waals surface area contributed by atoms with Gasteiger partial charge in [-0.2, -0.15) is 0 Å². The van der Waals surface area contributed by atoms with Gasteiger partial charge in [0.2, 0.25) is 16.6 Å². The molecule has 0 fully saturated rings. The molecule has 0 bridgehead atoms. The Morgan fingerprint density at radius 2 is 1.48 bits per heavy atom. The van der Waals surface area contributed by atoms with Crippen molar-refractivity contribution in [3.05, 3.63) is 72.3 Å². The van der Waals surface area contributed by atoms with Crippen LogP contribution in [0.1, 0.15) is 5.56 Å². The van der Waals surface area contributed by atoms with E-state index in [-0.39, 0.29) is 16.6 Å². The molecule has 27 heavy (non-hydrogen) atoms. The monoisotopic (exact) mass is 380 g/mol. The molecule has 136 valence electrons. The molecule has 0 spiro atoms. The van der Waals surface area contributed by atoms with Crippen LogP contribution in [0.15, 0.2) is 81.5 Å². The highest BCUT2D eigenvalue weighted by atomic mass is 32.2. The van der Waals surface area contributed by atoms with Crippen molar-refractivity contribution < 1.29 is 17.9 Å². The minimum Gasteiger partial charge on any atom is -0.454 e. The van der Waals surface area contributed by atoms with Crippen LogP contribution in [0.3, 0.4) is 0 Å². The molecule has 0 saturated carbocycles. The quantitative estimate of drug-likeness (QED) is 0.552. The van der Waals surface area contributed by atoms with E-state index < -0.39 is 9.84 Å². The summed E-state index contributed by atoms with van der Waals surface area (Å²) in [7, 11) is -3.58. The van der Waals surface area contributed by atoms with Gasteiger partial charge in [0.05, 0.1) is 15.5 Å². The summed E-state index contributed by atoms with van der Waals surface area (Å²) in [5.41, 5.74) is 7.63. The van der Waals surface area contributed by atoms with Crippen molar-refractivity contribution in [2.75, 3.05) is 12.5 Å². The molecule has 4 rings (SSSR count). The van der Waals surface area contributed by atoms with Crippen molar-refractivity contribution in [3.8, 4) is 11.5 Å². The Morgan fingerprint density at radius 1 is 0.852 bits per heavy atom. The second kappa shape index (κ2) is 6.77. The lowest BCUT2D eigenvalue weighted by atomic mass is 10.2. The number of rotatable bonds is 4. The van der Waals surface area contributed by atoms with Gasteiger partial charge in [-0.1, -0.05) is 0 Å². The zero-order valence-electron chi connectivity index (χ0n) is 14.2. The van der Waals surface area contributed by atoms with E-state index in [4.69, 9.17) is 15.2 Å². The summed E-state index contributed by atoms with van der Waals surface area (Å²) in [5, 5.41) is 0. The molecule has 0 amide bonds. The number of hydrogen-bond donors (Lipinski definition) is 1. The standard InChI is InChI=1S/C20H16N2O4S/c21-15-2-6-17(7-3-15)27(23,24)18-8-4-16(5-9-18)22-12-14-1-10-19-20(11-14)26-13-25-19/h1-12H,13,21H2. The van der Waals surface area contributed by atoms with Gasteiger partial charge in [-0.3, -0.25) is 4.99 Å². The van der Waals surface area contributed by atoms with Crippen LogP contribution in [0, 0.1) is 0 Å². The van der Waals surface area contributed by atoms with Crippen molar-refractivity contribution in [1.82, 2.24) is 0 Å². The van der Waals surface area contributed by atoms with Crippen molar-refractivity contribution in [2.24, 2.45) is 4.99 Å². The summed E-state index contributed by atoms with van der Waals surface area (Å²) in [6.07, 6.45) is 1.69. The first-order valence-corrected chi connectivity index (χ1v) is 9.65. The van der Waals surface area contributed by atoms with Crippen molar-refractivity contribution in [3.63, 3.8) is 0 Å². The largest absolute Gasteiger partial charge is 0.454 e. The van der Waals surface area contributed by atoms with Crippen LogP contribution in [0.25, 0.3) is 0 Å². The first kappa shape index (κ1) is 17.1. The third-order valence-electron chi connectivity index (χ3n) is 4.10. The van der Waals surface area contributed by atoms with E-state index in [0.29, 0.717) is 22.9 Å². The second-order valence-electron chi connectivity index (χ2n) is 5.94. The molecule has 0 aliphatic carbocycles. The summed E-state index contributed by atoms with van der Waals surface area (Å²) < 4.78 is 35.9. The zero-order chi connectivity index (χ0) is 18.9. The Morgan fingerprint density at radius 3 is 2.19 bits per heavy atom. The highest BCUT2D eigenvalue weighted by Crippen LogP contribution is 2.32. The Kier molecular flexibility index (Phi) is 4.29. The molecule has 3 aromatic rings. The fourth-order valence-corrected chi connectivity index (χ4v) is 3.90. The van der Waals surface area contributed by atoms with Crippen LogP contribution >= 0.6 is 0 Å². The molecule has 0 aromatic heterocycles. The van der Waals surface area contributed by atoms with Crippen molar-refractivity contribution in [1.29, 1.82) is 0 Å². The van der Waals surface area contributed by atoms with Crippen LogP contribution in [0.2, 0.25) is 0 Å². The average molecular weight is 380 g/mol.